The molecule has 1 aliphatic heterocycles. The number of piperidine rings is 1. The van der Waals surface area contributed by atoms with Gasteiger partial charge in [0.2, 0.25) is 0 Å². The fourth-order valence-corrected chi connectivity index (χ4v) is 2.40. The first kappa shape index (κ1) is 14.5. The third-order valence-corrected chi connectivity index (χ3v) is 3.54. The second-order valence-corrected chi connectivity index (χ2v) is 4.92. The number of ether oxygens (including phenoxy) is 1. The van der Waals surface area contributed by atoms with Gasteiger partial charge in [0.25, 0.3) is 0 Å². The molecule has 1 fully saturated rings. The van der Waals surface area contributed by atoms with Crippen LogP contribution < -0.4 is 5.73 Å². The van der Waals surface area contributed by atoms with E-state index in [0.717, 1.165) is 25.7 Å². The molecule has 0 saturated carbocycles. The summed E-state index contributed by atoms with van der Waals surface area (Å²) in [6.07, 6.45) is 5.46. The van der Waals surface area contributed by atoms with Crippen molar-refractivity contribution in [1.82, 2.24) is 4.90 Å². The maximum atomic E-state index is 11.7. The fraction of sp³-hybridized carbons (Fsp3) is 0.923. The van der Waals surface area contributed by atoms with Crippen molar-refractivity contribution in [1.29, 1.82) is 0 Å². The number of hydrogen-bond donors (Lipinski definition) is 1. The summed E-state index contributed by atoms with van der Waals surface area (Å²) in [5, 5.41) is 0. The number of carbonyl (C=O) groups excluding carboxylic acids is 1. The highest BCUT2D eigenvalue weighted by molar-refractivity contribution is 5.71. The molecule has 17 heavy (non-hydrogen) atoms. The minimum atomic E-state index is -0.106. The van der Waals surface area contributed by atoms with Crippen molar-refractivity contribution in [2.45, 2.75) is 58.0 Å². The van der Waals surface area contributed by atoms with Gasteiger partial charge < -0.3 is 10.5 Å². The number of nitrogens with zero attached hydrogens (tertiary/aromatic N) is 1. The second kappa shape index (κ2) is 7.67. The smallest absolute Gasteiger partial charge is 0.320 e. The van der Waals surface area contributed by atoms with Gasteiger partial charge in [0.15, 0.2) is 0 Å². The van der Waals surface area contributed by atoms with Crippen LogP contribution in [0, 0.1) is 0 Å². The lowest BCUT2D eigenvalue weighted by Gasteiger charge is -2.39. The second-order valence-electron chi connectivity index (χ2n) is 4.92. The molecule has 0 bridgehead atoms. The molecule has 0 aromatic carbocycles. The van der Waals surface area contributed by atoms with Gasteiger partial charge in [0.1, 0.15) is 0 Å². The third kappa shape index (κ3) is 4.64. The predicted molar refractivity (Wildman–Crippen MR) is 68.7 cm³/mol. The molecule has 1 saturated heterocycles. The number of esters is 1. The van der Waals surface area contributed by atoms with Crippen molar-refractivity contribution in [2.24, 2.45) is 5.73 Å². The summed E-state index contributed by atoms with van der Waals surface area (Å²) in [6, 6.07) is 0.786. The molecule has 4 heteroatoms. The van der Waals surface area contributed by atoms with Crippen LogP contribution in [0.4, 0.5) is 0 Å². The van der Waals surface area contributed by atoms with E-state index in [-0.39, 0.29) is 5.97 Å². The van der Waals surface area contributed by atoms with E-state index in [0.29, 0.717) is 31.8 Å². The highest BCUT2D eigenvalue weighted by atomic mass is 16.5. The Morgan fingerprint density at radius 2 is 2.24 bits per heavy atom. The Morgan fingerprint density at radius 3 is 2.88 bits per heavy atom. The van der Waals surface area contributed by atoms with Crippen LogP contribution in [0.1, 0.15) is 46.0 Å². The first-order valence-electron chi connectivity index (χ1n) is 6.80. The maximum Gasteiger partial charge on any atom is 0.320 e. The Hall–Kier alpha value is -0.610. The minimum Gasteiger partial charge on any atom is -0.465 e. The molecule has 2 N–H and O–H groups in total. The van der Waals surface area contributed by atoms with Crippen LogP contribution in [-0.2, 0) is 9.53 Å². The van der Waals surface area contributed by atoms with Gasteiger partial charge in [0.05, 0.1) is 13.2 Å². The first-order chi connectivity index (χ1) is 8.19. The van der Waals surface area contributed by atoms with Gasteiger partial charge in [-0.15, -0.1) is 0 Å². The van der Waals surface area contributed by atoms with E-state index in [9.17, 15) is 4.79 Å². The van der Waals surface area contributed by atoms with Gasteiger partial charge in [-0.25, -0.2) is 0 Å². The summed E-state index contributed by atoms with van der Waals surface area (Å²) in [6.45, 7) is 5.83. The van der Waals surface area contributed by atoms with Crippen molar-refractivity contribution in [3.8, 4) is 0 Å². The van der Waals surface area contributed by atoms with Crippen LogP contribution in [0.15, 0.2) is 0 Å². The van der Waals surface area contributed by atoms with Crippen LogP contribution in [0.2, 0.25) is 0 Å². The molecule has 1 heterocycles. The largest absolute Gasteiger partial charge is 0.465 e. The lowest BCUT2D eigenvalue weighted by atomic mass is 9.96. The number of unbranched alkanes of at least 4 members (excludes halogenated alkanes) is 1. The van der Waals surface area contributed by atoms with Crippen molar-refractivity contribution < 1.29 is 9.53 Å². The molecule has 0 radical (unpaired) electrons. The molecule has 4 nitrogen and oxygen atoms in total. The monoisotopic (exact) mass is 242 g/mol. The van der Waals surface area contributed by atoms with Crippen molar-refractivity contribution >= 4 is 5.97 Å². The lowest BCUT2D eigenvalue weighted by molar-refractivity contribution is -0.146. The van der Waals surface area contributed by atoms with Crippen molar-refractivity contribution in [3.63, 3.8) is 0 Å². The summed E-state index contributed by atoms with van der Waals surface area (Å²) in [5.74, 6) is -0.106. The molecule has 100 valence electrons. The summed E-state index contributed by atoms with van der Waals surface area (Å²) in [5.41, 5.74) is 5.76. The molecule has 1 rings (SSSR count). The quantitative estimate of drug-likeness (QED) is 0.567. The van der Waals surface area contributed by atoms with Gasteiger partial charge in [-0.1, -0.05) is 19.8 Å². The van der Waals surface area contributed by atoms with Crippen LogP contribution in [0.25, 0.3) is 0 Å². The number of carbonyl (C=O) groups is 1. The first-order valence-corrected chi connectivity index (χ1v) is 6.80. The van der Waals surface area contributed by atoms with Crippen LogP contribution >= 0.6 is 0 Å². The molecule has 1 aliphatic rings. The molecule has 2 unspecified atom stereocenters. The average molecular weight is 242 g/mol. The molecule has 0 amide bonds. The zero-order chi connectivity index (χ0) is 12.7. The number of rotatable bonds is 6. The van der Waals surface area contributed by atoms with Crippen LogP contribution in [0.5, 0.6) is 0 Å². The Morgan fingerprint density at radius 1 is 1.47 bits per heavy atom. The summed E-state index contributed by atoms with van der Waals surface area (Å²) >= 11 is 0. The van der Waals surface area contributed by atoms with E-state index in [1.165, 1.54) is 6.42 Å². The molecular weight excluding hydrogens is 216 g/mol. The van der Waals surface area contributed by atoms with Crippen molar-refractivity contribution in [2.75, 3.05) is 19.7 Å². The maximum absolute atomic E-state index is 11.7. The molecular formula is C13H26N2O2. The summed E-state index contributed by atoms with van der Waals surface area (Å²) in [4.78, 5) is 13.9. The number of hydrogen-bond acceptors (Lipinski definition) is 4. The van der Waals surface area contributed by atoms with E-state index in [2.05, 4.69) is 18.7 Å². The summed E-state index contributed by atoms with van der Waals surface area (Å²) < 4.78 is 5.20. The average Bonchev–Trinajstić information content (AvgIpc) is 2.32. The van der Waals surface area contributed by atoms with Crippen LogP contribution in [-0.4, -0.2) is 42.6 Å². The molecule has 0 aromatic heterocycles. The van der Waals surface area contributed by atoms with Crippen LogP contribution in [0.3, 0.4) is 0 Å². The van der Waals surface area contributed by atoms with Crippen molar-refractivity contribution in [3.05, 3.63) is 0 Å². The Bertz CT molecular complexity index is 233. The Kier molecular flexibility index (Phi) is 6.52. The minimum absolute atomic E-state index is 0.106. The van der Waals surface area contributed by atoms with Gasteiger partial charge in [-0.3, -0.25) is 9.69 Å². The highest BCUT2D eigenvalue weighted by Crippen LogP contribution is 2.21. The van der Waals surface area contributed by atoms with Gasteiger partial charge in [-0.2, -0.15) is 0 Å². The van der Waals surface area contributed by atoms with E-state index >= 15 is 0 Å². The van der Waals surface area contributed by atoms with Gasteiger partial charge in [-0.05, 0) is 26.2 Å². The zero-order valence-corrected chi connectivity index (χ0v) is 11.2. The molecule has 2 atom stereocenters. The third-order valence-electron chi connectivity index (χ3n) is 3.54. The Balaban J connectivity index is 2.37. The van der Waals surface area contributed by atoms with E-state index in [1.807, 2.05) is 0 Å². The van der Waals surface area contributed by atoms with E-state index in [1.54, 1.807) is 0 Å². The summed E-state index contributed by atoms with van der Waals surface area (Å²) in [7, 11) is 0. The van der Waals surface area contributed by atoms with E-state index in [4.69, 9.17) is 10.5 Å². The number of nitrogens with two attached hydrogens (primary N) is 1. The predicted octanol–water partition coefficient (Wildman–Crippen LogP) is 1.53. The highest BCUT2D eigenvalue weighted by Gasteiger charge is 2.28. The van der Waals surface area contributed by atoms with Gasteiger partial charge >= 0.3 is 5.97 Å². The van der Waals surface area contributed by atoms with E-state index < -0.39 is 0 Å². The SMILES string of the molecule is CCCCOC(=O)CN1C(C)CCCC1CN. The fourth-order valence-electron chi connectivity index (χ4n) is 2.40. The zero-order valence-electron chi connectivity index (χ0n) is 11.2. The molecule has 0 aromatic rings. The molecule has 0 spiro atoms. The topological polar surface area (TPSA) is 55.6 Å². The normalized spacial score (nSPS) is 25.8. The van der Waals surface area contributed by atoms with Gasteiger partial charge in [0, 0.05) is 18.6 Å². The molecule has 0 aliphatic carbocycles. The standard InChI is InChI=1S/C13H26N2O2/c1-3-4-8-17-13(16)10-15-11(2)6-5-7-12(15)9-14/h11-12H,3-10,14H2,1-2H3. The Labute approximate surface area is 104 Å². The number of likely N-dealkylation sites (tertiary alicyclic amines) is 1. The lowest BCUT2D eigenvalue weighted by Crippen LogP contribution is -2.51.